The van der Waals surface area contributed by atoms with Gasteiger partial charge in [-0.1, -0.05) is 6.92 Å². The lowest BCUT2D eigenvalue weighted by molar-refractivity contribution is 0.933. The number of anilines is 2. The molecule has 0 aliphatic rings. The summed E-state index contributed by atoms with van der Waals surface area (Å²) in [5.74, 6) is 2.51. The molecule has 0 aliphatic carbocycles. The van der Waals surface area contributed by atoms with Gasteiger partial charge in [0.2, 0.25) is 0 Å². The fourth-order valence-corrected chi connectivity index (χ4v) is 1.76. The van der Waals surface area contributed by atoms with E-state index >= 15 is 0 Å². The van der Waals surface area contributed by atoms with E-state index in [1.165, 1.54) is 11.1 Å². The van der Waals surface area contributed by atoms with Crippen molar-refractivity contribution in [2.75, 3.05) is 17.7 Å². The van der Waals surface area contributed by atoms with Crippen LogP contribution in [0.15, 0.2) is 24.5 Å². The number of nitrogens with one attached hydrogen (secondary N) is 2. The zero-order chi connectivity index (χ0) is 13.7. The van der Waals surface area contributed by atoms with Crippen LogP contribution in [0.4, 0.5) is 11.6 Å². The minimum Gasteiger partial charge on any atom is -0.373 e. The third-order valence-corrected chi connectivity index (χ3v) is 2.94. The number of aromatic nitrogens is 3. The summed E-state index contributed by atoms with van der Waals surface area (Å²) in [6.07, 6.45) is 4.49. The van der Waals surface area contributed by atoms with Crippen molar-refractivity contribution in [1.29, 1.82) is 0 Å². The topological polar surface area (TPSA) is 62.7 Å². The summed E-state index contributed by atoms with van der Waals surface area (Å²) in [6.45, 7) is 4.84. The molecular formula is C14H19N5. The molecule has 2 aromatic rings. The van der Waals surface area contributed by atoms with Gasteiger partial charge in [-0.05, 0) is 24.1 Å². The first kappa shape index (κ1) is 13.3. The second kappa shape index (κ2) is 6.13. The van der Waals surface area contributed by atoms with Gasteiger partial charge in [-0.2, -0.15) is 0 Å². The summed E-state index contributed by atoms with van der Waals surface area (Å²) in [4.78, 5) is 12.9. The molecular weight excluding hydrogens is 238 g/mol. The van der Waals surface area contributed by atoms with E-state index in [0.717, 1.165) is 30.4 Å². The lowest BCUT2D eigenvalue weighted by atomic mass is 10.1. The van der Waals surface area contributed by atoms with Crippen molar-refractivity contribution in [2.24, 2.45) is 0 Å². The molecule has 100 valence electrons. The van der Waals surface area contributed by atoms with Crippen LogP contribution in [0, 0.1) is 6.92 Å². The quantitative estimate of drug-likeness (QED) is 0.861. The summed E-state index contributed by atoms with van der Waals surface area (Å²) in [5.41, 5.74) is 2.39. The lowest BCUT2D eigenvalue weighted by Crippen LogP contribution is -2.07. The van der Waals surface area contributed by atoms with Crippen LogP contribution in [-0.2, 0) is 13.0 Å². The molecule has 0 aliphatic heterocycles. The average molecular weight is 257 g/mol. The van der Waals surface area contributed by atoms with E-state index in [1.807, 2.05) is 32.3 Å². The van der Waals surface area contributed by atoms with Crippen molar-refractivity contribution in [3.8, 4) is 0 Å². The van der Waals surface area contributed by atoms with Gasteiger partial charge in [-0.15, -0.1) is 0 Å². The number of rotatable bonds is 5. The summed E-state index contributed by atoms with van der Waals surface area (Å²) in [5, 5.41) is 6.38. The fourth-order valence-electron chi connectivity index (χ4n) is 1.76. The van der Waals surface area contributed by atoms with E-state index in [2.05, 4.69) is 32.5 Å². The normalized spacial score (nSPS) is 10.3. The molecule has 0 radical (unpaired) electrons. The number of aryl methyl sites for hydroxylation is 2. The smallest absolute Gasteiger partial charge is 0.132 e. The van der Waals surface area contributed by atoms with Crippen LogP contribution in [0.2, 0.25) is 0 Å². The van der Waals surface area contributed by atoms with Crippen molar-refractivity contribution in [3.05, 3.63) is 41.5 Å². The van der Waals surface area contributed by atoms with E-state index in [-0.39, 0.29) is 0 Å². The number of hydrogen-bond acceptors (Lipinski definition) is 5. The summed E-state index contributed by atoms with van der Waals surface area (Å²) in [7, 11) is 1.86. The molecule has 5 nitrogen and oxygen atoms in total. The van der Waals surface area contributed by atoms with E-state index < -0.39 is 0 Å². The predicted molar refractivity (Wildman–Crippen MR) is 77.3 cm³/mol. The molecule has 0 spiro atoms. The van der Waals surface area contributed by atoms with Crippen LogP contribution >= 0.6 is 0 Å². The van der Waals surface area contributed by atoms with Gasteiger partial charge >= 0.3 is 0 Å². The molecule has 0 aromatic carbocycles. The largest absolute Gasteiger partial charge is 0.373 e. The number of pyridine rings is 1. The Morgan fingerprint density at radius 1 is 1.21 bits per heavy atom. The van der Waals surface area contributed by atoms with Gasteiger partial charge in [0.1, 0.15) is 17.5 Å². The Morgan fingerprint density at radius 3 is 2.68 bits per heavy atom. The molecule has 2 heterocycles. The third kappa shape index (κ3) is 3.40. The molecule has 5 heteroatoms. The Hall–Kier alpha value is -2.17. The molecule has 2 aromatic heterocycles. The van der Waals surface area contributed by atoms with E-state index in [1.54, 1.807) is 6.20 Å². The molecule has 0 unspecified atom stereocenters. The van der Waals surface area contributed by atoms with E-state index in [9.17, 15) is 0 Å². The van der Waals surface area contributed by atoms with Crippen LogP contribution < -0.4 is 10.6 Å². The summed E-state index contributed by atoms with van der Waals surface area (Å²) < 4.78 is 0. The number of hydrogen-bond donors (Lipinski definition) is 2. The first-order chi connectivity index (χ1) is 9.22. The highest BCUT2D eigenvalue weighted by molar-refractivity contribution is 5.47. The van der Waals surface area contributed by atoms with Crippen molar-refractivity contribution in [2.45, 2.75) is 26.8 Å². The van der Waals surface area contributed by atoms with Crippen LogP contribution in [-0.4, -0.2) is 22.0 Å². The Bertz CT molecular complexity index is 531. The second-order valence-corrected chi connectivity index (χ2v) is 4.31. The average Bonchev–Trinajstić information content (AvgIpc) is 2.46. The SMILES string of the molecule is CCc1nc(NC)cc(NCc2ccncc2C)n1. The zero-order valence-corrected chi connectivity index (χ0v) is 11.6. The third-order valence-electron chi connectivity index (χ3n) is 2.94. The molecule has 0 fully saturated rings. The second-order valence-electron chi connectivity index (χ2n) is 4.31. The van der Waals surface area contributed by atoms with Crippen LogP contribution in [0.25, 0.3) is 0 Å². The summed E-state index contributed by atoms with van der Waals surface area (Å²) in [6, 6.07) is 3.93. The summed E-state index contributed by atoms with van der Waals surface area (Å²) >= 11 is 0. The number of nitrogens with zero attached hydrogens (tertiary/aromatic N) is 3. The van der Waals surface area contributed by atoms with E-state index in [0.29, 0.717) is 0 Å². The van der Waals surface area contributed by atoms with Gasteiger partial charge in [0.05, 0.1) is 0 Å². The first-order valence-corrected chi connectivity index (χ1v) is 6.42. The highest BCUT2D eigenvalue weighted by Gasteiger charge is 2.03. The maximum Gasteiger partial charge on any atom is 0.132 e. The molecule has 0 amide bonds. The Balaban J connectivity index is 2.13. The minimum absolute atomic E-state index is 0.734. The van der Waals surface area contributed by atoms with Gasteiger partial charge in [0, 0.05) is 38.5 Å². The van der Waals surface area contributed by atoms with Gasteiger partial charge in [0.25, 0.3) is 0 Å². The first-order valence-electron chi connectivity index (χ1n) is 6.42. The molecule has 2 rings (SSSR count). The maximum atomic E-state index is 4.47. The minimum atomic E-state index is 0.734. The van der Waals surface area contributed by atoms with Crippen molar-refractivity contribution in [3.63, 3.8) is 0 Å². The molecule has 0 bridgehead atoms. The molecule has 19 heavy (non-hydrogen) atoms. The Morgan fingerprint density at radius 2 is 2.00 bits per heavy atom. The fraction of sp³-hybridized carbons (Fsp3) is 0.357. The van der Waals surface area contributed by atoms with Crippen molar-refractivity contribution < 1.29 is 0 Å². The highest BCUT2D eigenvalue weighted by Crippen LogP contribution is 2.13. The van der Waals surface area contributed by atoms with Crippen LogP contribution in [0.3, 0.4) is 0 Å². The van der Waals surface area contributed by atoms with Crippen LogP contribution in [0.1, 0.15) is 23.9 Å². The Labute approximate surface area is 113 Å². The zero-order valence-electron chi connectivity index (χ0n) is 11.6. The van der Waals surface area contributed by atoms with Gasteiger partial charge in [0.15, 0.2) is 0 Å². The molecule has 0 saturated carbocycles. The van der Waals surface area contributed by atoms with Crippen LogP contribution in [0.5, 0.6) is 0 Å². The molecule has 0 saturated heterocycles. The maximum absolute atomic E-state index is 4.47. The van der Waals surface area contributed by atoms with Crippen molar-refractivity contribution in [1.82, 2.24) is 15.0 Å². The van der Waals surface area contributed by atoms with Gasteiger partial charge < -0.3 is 10.6 Å². The standard InChI is InChI=1S/C14H19N5/c1-4-12-18-13(15-3)7-14(19-12)17-9-11-5-6-16-8-10(11)2/h5-8H,4,9H2,1-3H3,(H2,15,17,18,19). The van der Waals surface area contributed by atoms with E-state index in [4.69, 9.17) is 0 Å². The highest BCUT2D eigenvalue weighted by atomic mass is 15.1. The molecule has 2 N–H and O–H groups in total. The monoisotopic (exact) mass is 257 g/mol. The predicted octanol–water partition coefficient (Wildman–Crippen LogP) is 2.40. The van der Waals surface area contributed by atoms with Gasteiger partial charge in [-0.3, -0.25) is 4.98 Å². The van der Waals surface area contributed by atoms with Crippen molar-refractivity contribution >= 4 is 11.6 Å². The lowest BCUT2D eigenvalue weighted by Gasteiger charge is -2.10. The van der Waals surface area contributed by atoms with Gasteiger partial charge in [-0.25, -0.2) is 9.97 Å². The Kier molecular flexibility index (Phi) is 4.28. The molecule has 0 atom stereocenters.